The summed E-state index contributed by atoms with van der Waals surface area (Å²) in [6.07, 6.45) is 1.14. The highest BCUT2D eigenvalue weighted by atomic mass is 32.2. The third kappa shape index (κ3) is 3.92. The summed E-state index contributed by atoms with van der Waals surface area (Å²) in [7, 11) is -3.24. The van der Waals surface area contributed by atoms with E-state index in [-0.39, 0.29) is 16.8 Å². The number of nitrogens with one attached hydrogen (secondary N) is 1. The summed E-state index contributed by atoms with van der Waals surface area (Å²) in [5, 5.41) is 2.88. The Bertz CT molecular complexity index is 722. The summed E-state index contributed by atoms with van der Waals surface area (Å²) in [6.45, 7) is 1.90. The number of carbonyl (C=O) groups excluding carboxylic acids is 1. The van der Waals surface area contributed by atoms with E-state index in [0.717, 1.165) is 11.8 Å². The third-order valence-electron chi connectivity index (χ3n) is 3.19. The van der Waals surface area contributed by atoms with Crippen LogP contribution in [-0.2, 0) is 9.84 Å². The van der Waals surface area contributed by atoms with Crippen molar-refractivity contribution >= 4 is 15.7 Å². The number of carbonyl (C=O) groups is 1. The molecule has 0 aliphatic carbocycles. The molecular formula is C16H17NO3S. The lowest BCUT2D eigenvalue weighted by Gasteiger charge is -2.14. The standard InChI is InChI=1S/C16H17NO3S/c1-12(13-6-4-3-5-7-13)17-16(18)14-8-10-15(11-9-14)21(2,19)20/h3-12H,1-2H3,(H,17,18)/t12-/m0/s1. The first-order valence-corrected chi connectivity index (χ1v) is 8.43. The number of benzene rings is 2. The molecule has 1 atom stereocenters. The van der Waals surface area contributed by atoms with Crippen molar-refractivity contribution in [2.45, 2.75) is 17.9 Å². The lowest BCUT2D eigenvalue weighted by atomic mass is 10.1. The highest BCUT2D eigenvalue weighted by molar-refractivity contribution is 7.90. The molecule has 4 nitrogen and oxygen atoms in total. The van der Waals surface area contributed by atoms with Crippen LogP contribution in [0, 0.1) is 0 Å². The highest BCUT2D eigenvalue weighted by Gasteiger charge is 2.12. The maximum absolute atomic E-state index is 12.1. The van der Waals surface area contributed by atoms with Crippen LogP contribution in [0.1, 0.15) is 28.9 Å². The molecule has 1 N–H and O–H groups in total. The van der Waals surface area contributed by atoms with Crippen LogP contribution in [0.3, 0.4) is 0 Å². The van der Waals surface area contributed by atoms with E-state index in [9.17, 15) is 13.2 Å². The summed E-state index contributed by atoms with van der Waals surface area (Å²) in [5.74, 6) is -0.230. The topological polar surface area (TPSA) is 63.2 Å². The van der Waals surface area contributed by atoms with Crippen molar-refractivity contribution in [2.75, 3.05) is 6.26 Å². The van der Waals surface area contributed by atoms with Gasteiger partial charge in [0.05, 0.1) is 10.9 Å². The molecule has 1 amide bonds. The lowest BCUT2D eigenvalue weighted by molar-refractivity contribution is 0.0940. The SMILES string of the molecule is C[C@H](NC(=O)c1ccc(S(C)(=O)=O)cc1)c1ccccc1. The number of hydrogen-bond donors (Lipinski definition) is 1. The van der Waals surface area contributed by atoms with Crippen molar-refractivity contribution in [1.29, 1.82) is 0 Å². The first-order chi connectivity index (χ1) is 9.88. The van der Waals surface area contributed by atoms with Gasteiger partial charge in [-0.3, -0.25) is 4.79 Å². The molecular weight excluding hydrogens is 286 g/mol. The number of sulfone groups is 1. The van der Waals surface area contributed by atoms with Gasteiger partial charge >= 0.3 is 0 Å². The largest absolute Gasteiger partial charge is 0.346 e. The Morgan fingerprint density at radius 2 is 1.57 bits per heavy atom. The van der Waals surface area contributed by atoms with E-state index in [1.807, 2.05) is 37.3 Å². The van der Waals surface area contributed by atoms with Gasteiger partial charge in [-0.05, 0) is 36.8 Å². The molecule has 0 bridgehead atoms. The van der Waals surface area contributed by atoms with Crippen LogP contribution in [0.15, 0.2) is 59.5 Å². The maximum Gasteiger partial charge on any atom is 0.251 e. The molecule has 0 fully saturated rings. The first-order valence-electron chi connectivity index (χ1n) is 6.54. The smallest absolute Gasteiger partial charge is 0.251 e. The van der Waals surface area contributed by atoms with E-state index in [1.165, 1.54) is 24.3 Å². The monoisotopic (exact) mass is 303 g/mol. The van der Waals surface area contributed by atoms with E-state index >= 15 is 0 Å². The Hall–Kier alpha value is -2.14. The van der Waals surface area contributed by atoms with Gasteiger partial charge in [-0.15, -0.1) is 0 Å². The average Bonchev–Trinajstić information content (AvgIpc) is 2.47. The number of rotatable bonds is 4. The van der Waals surface area contributed by atoms with Crippen molar-refractivity contribution < 1.29 is 13.2 Å². The molecule has 0 spiro atoms. The minimum Gasteiger partial charge on any atom is -0.346 e. The van der Waals surface area contributed by atoms with Crippen molar-refractivity contribution in [1.82, 2.24) is 5.32 Å². The molecule has 0 radical (unpaired) electrons. The Balaban J connectivity index is 2.11. The van der Waals surface area contributed by atoms with Gasteiger partial charge in [0.1, 0.15) is 0 Å². The second-order valence-corrected chi connectivity index (χ2v) is 6.92. The van der Waals surface area contributed by atoms with Crippen LogP contribution in [0.2, 0.25) is 0 Å². The summed E-state index contributed by atoms with van der Waals surface area (Å²) in [4.78, 5) is 12.3. The first kappa shape index (κ1) is 15.3. The van der Waals surface area contributed by atoms with Crippen LogP contribution in [-0.4, -0.2) is 20.6 Å². The van der Waals surface area contributed by atoms with E-state index in [4.69, 9.17) is 0 Å². The Kier molecular flexibility index (Phi) is 4.43. The van der Waals surface area contributed by atoms with Gasteiger partial charge in [0, 0.05) is 11.8 Å². The average molecular weight is 303 g/mol. The van der Waals surface area contributed by atoms with Gasteiger partial charge in [0.2, 0.25) is 0 Å². The van der Waals surface area contributed by atoms with Gasteiger partial charge in [0.15, 0.2) is 9.84 Å². The molecule has 0 saturated heterocycles. The third-order valence-corrected chi connectivity index (χ3v) is 4.32. The Morgan fingerprint density at radius 1 is 1.00 bits per heavy atom. The summed E-state index contributed by atoms with van der Waals surface area (Å²) in [6, 6.07) is 15.4. The predicted molar refractivity (Wildman–Crippen MR) is 81.9 cm³/mol. The molecule has 0 aliphatic rings. The van der Waals surface area contributed by atoms with Gasteiger partial charge in [-0.2, -0.15) is 0 Å². The molecule has 0 aliphatic heterocycles. The van der Waals surface area contributed by atoms with Crippen molar-refractivity contribution in [3.63, 3.8) is 0 Å². The summed E-state index contributed by atoms with van der Waals surface area (Å²) >= 11 is 0. The van der Waals surface area contributed by atoms with Gasteiger partial charge in [0.25, 0.3) is 5.91 Å². The molecule has 2 rings (SSSR count). The lowest BCUT2D eigenvalue weighted by Crippen LogP contribution is -2.26. The fraction of sp³-hybridized carbons (Fsp3) is 0.188. The van der Waals surface area contributed by atoms with E-state index < -0.39 is 9.84 Å². The minimum absolute atomic E-state index is 0.117. The summed E-state index contributed by atoms with van der Waals surface area (Å²) in [5.41, 5.74) is 1.45. The molecule has 0 heterocycles. The zero-order valence-corrected chi connectivity index (χ0v) is 12.7. The molecule has 110 valence electrons. The normalized spacial score (nSPS) is 12.7. The Morgan fingerprint density at radius 3 is 2.10 bits per heavy atom. The molecule has 0 saturated carbocycles. The quantitative estimate of drug-likeness (QED) is 0.944. The number of amides is 1. The maximum atomic E-state index is 12.1. The fourth-order valence-corrected chi connectivity index (χ4v) is 2.59. The van der Waals surface area contributed by atoms with Gasteiger partial charge in [-0.25, -0.2) is 8.42 Å². The van der Waals surface area contributed by atoms with Crippen molar-refractivity contribution in [2.24, 2.45) is 0 Å². The molecule has 0 unspecified atom stereocenters. The van der Waals surface area contributed by atoms with Crippen LogP contribution in [0.5, 0.6) is 0 Å². The van der Waals surface area contributed by atoms with E-state index in [2.05, 4.69) is 5.32 Å². The van der Waals surface area contributed by atoms with Crippen LogP contribution >= 0.6 is 0 Å². The second-order valence-electron chi connectivity index (χ2n) is 4.90. The zero-order valence-electron chi connectivity index (χ0n) is 11.9. The molecule has 2 aromatic rings. The number of hydrogen-bond acceptors (Lipinski definition) is 3. The molecule has 2 aromatic carbocycles. The van der Waals surface area contributed by atoms with Crippen molar-refractivity contribution in [3.8, 4) is 0 Å². The van der Waals surface area contributed by atoms with E-state index in [1.54, 1.807) is 0 Å². The van der Waals surface area contributed by atoms with Crippen LogP contribution in [0.25, 0.3) is 0 Å². The van der Waals surface area contributed by atoms with Gasteiger partial charge in [-0.1, -0.05) is 30.3 Å². The van der Waals surface area contributed by atoms with Crippen LogP contribution in [0.4, 0.5) is 0 Å². The minimum atomic E-state index is -3.24. The molecule has 21 heavy (non-hydrogen) atoms. The van der Waals surface area contributed by atoms with Crippen molar-refractivity contribution in [3.05, 3.63) is 65.7 Å². The second kappa shape index (κ2) is 6.10. The molecule has 5 heteroatoms. The molecule has 0 aromatic heterocycles. The fourth-order valence-electron chi connectivity index (χ4n) is 1.96. The van der Waals surface area contributed by atoms with Crippen LogP contribution < -0.4 is 5.32 Å². The van der Waals surface area contributed by atoms with Gasteiger partial charge < -0.3 is 5.32 Å². The Labute approximate surface area is 124 Å². The summed E-state index contributed by atoms with van der Waals surface area (Å²) < 4.78 is 22.8. The highest BCUT2D eigenvalue weighted by Crippen LogP contribution is 2.14. The zero-order chi connectivity index (χ0) is 15.5. The van der Waals surface area contributed by atoms with E-state index in [0.29, 0.717) is 5.56 Å². The predicted octanol–water partition coefficient (Wildman–Crippen LogP) is 2.58.